The Morgan fingerprint density at radius 2 is 1.76 bits per heavy atom. The predicted molar refractivity (Wildman–Crippen MR) is 72.0 cm³/mol. The fourth-order valence-electron chi connectivity index (χ4n) is 1.33. The molecule has 4 N–H and O–H groups in total. The number of rotatable bonds is 5. The van der Waals surface area contributed by atoms with E-state index in [1.54, 1.807) is 0 Å². The van der Waals surface area contributed by atoms with Crippen molar-refractivity contribution in [3.05, 3.63) is 35.9 Å². The molecule has 0 saturated carbocycles. The third-order valence-electron chi connectivity index (χ3n) is 2.19. The highest BCUT2D eigenvalue weighted by molar-refractivity contribution is 6.00. The second-order valence-electron chi connectivity index (χ2n) is 3.99. The molecule has 17 heavy (non-hydrogen) atoms. The van der Waals surface area contributed by atoms with Crippen LogP contribution in [0.5, 0.6) is 0 Å². The molecule has 0 aromatic heterocycles. The maximum absolute atomic E-state index is 5.29. The summed E-state index contributed by atoms with van der Waals surface area (Å²) in [4.78, 5) is 2.09. The highest BCUT2D eigenvalue weighted by atomic mass is 15.3. The van der Waals surface area contributed by atoms with Crippen molar-refractivity contribution in [3.63, 3.8) is 0 Å². The minimum absolute atomic E-state index is 0.0247. The maximum Gasteiger partial charge on any atom is 0.211 e. The zero-order chi connectivity index (χ0) is 12.7. The molecule has 0 unspecified atom stereocenters. The van der Waals surface area contributed by atoms with Crippen molar-refractivity contribution in [1.82, 2.24) is 4.90 Å². The van der Waals surface area contributed by atoms with Gasteiger partial charge in [0.25, 0.3) is 0 Å². The van der Waals surface area contributed by atoms with Crippen LogP contribution in [0.4, 0.5) is 0 Å². The Bertz CT molecular complexity index is 391. The van der Waals surface area contributed by atoms with Crippen molar-refractivity contribution in [2.75, 3.05) is 20.6 Å². The van der Waals surface area contributed by atoms with Gasteiger partial charge in [-0.05, 0) is 19.7 Å². The summed E-state index contributed by atoms with van der Waals surface area (Å²) in [7, 11) is 4.03. The molecule has 0 aliphatic rings. The quantitative estimate of drug-likeness (QED) is 0.444. The van der Waals surface area contributed by atoms with E-state index in [1.165, 1.54) is 0 Å². The van der Waals surface area contributed by atoms with Crippen LogP contribution >= 0.6 is 0 Å². The average Bonchev–Trinajstić information content (AvgIpc) is 2.29. The van der Waals surface area contributed by atoms with Crippen LogP contribution in [-0.4, -0.2) is 37.2 Å². The van der Waals surface area contributed by atoms with E-state index < -0.39 is 0 Å². The van der Waals surface area contributed by atoms with Crippen molar-refractivity contribution >= 4 is 11.7 Å². The zero-order valence-electron chi connectivity index (χ0n) is 10.3. The molecule has 0 spiro atoms. The van der Waals surface area contributed by atoms with Gasteiger partial charge in [-0.1, -0.05) is 30.3 Å². The number of benzene rings is 1. The van der Waals surface area contributed by atoms with Gasteiger partial charge < -0.3 is 16.4 Å². The SMILES string of the molecule is CN(C)CCC(=NN=C(N)N)c1ccccc1. The maximum atomic E-state index is 5.29. The van der Waals surface area contributed by atoms with E-state index in [0.29, 0.717) is 0 Å². The fourth-order valence-corrected chi connectivity index (χ4v) is 1.33. The third kappa shape index (κ3) is 5.12. The second-order valence-corrected chi connectivity index (χ2v) is 3.99. The molecule has 0 fully saturated rings. The topological polar surface area (TPSA) is 80.0 Å². The number of nitrogens with two attached hydrogens (primary N) is 2. The summed E-state index contributed by atoms with van der Waals surface area (Å²) in [6.45, 7) is 0.897. The molecule has 1 aromatic rings. The first-order valence-corrected chi connectivity index (χ1v) is 5.45. The van der Waals surface area contributed by atoms with E-state index in [9.17, 15) is 0 Å². The van der Waals surface area contributed by atoms with Gasteiger partial charge in [-0.25, -0.2) is 0 Å². The molecule has 92 valence electrons. The molecule has 1 aromatic carbocycles. The standard InChI is InChI=1S/C12H19N5/c1-17(2)9-8-11(15-16-12(13)14)10-6-4-3-5-7-10/h3-7H,8-9H2,1-2H3,(H4,13,14,16). The number of hydrogen-bond donors (Lipinski definition) is 2. The molecular formula is C12H19N5. The van der Waals surface area contributed by atoms with Crippen LogP contribution in [0, 0.1) is 0 Å². The normalized spacial score (nSPS) is 11.6. The van der Waals surface area contributed by atoms with E-state index in [-0.39, 0.29) is 5.96 Å². The van der Waals surface area contributed by atoms with E-state index >= 15 is 0 Å². The lowest BCUT2D eigenvalue weighted by Crippen LogP contribution is -2.22. The van der Waals surface area contributed by atoms with Gasteiger partial charge in [-0.3, -0.25) is 0 Å². The molecule has 0 aliphatic heterocycles. The Kier molecular flexibility index (Phi) is 5.16. The predicted octanol–water partition coefficient (Wildman–Crippen LogP) is 0.616. The van der Waals surface area contributed by atoms with Crippen LogP contribution in [0.1, 0.15) is 12.0 Å². The first-order valence-electron chi connectivity index (χ1n) is 5.45. The molecule has 0 radical (unpaired) electrons. The highest BCUT2D eigenvalue weighted by Crippen LogP contribution is 2.05. The molecule has 0 atom stereocenters. The summed E-state index contributed by atoms with van der Waals surface area (Å²) in [5.74, 6) is -0.0247. The van der Waals surface area contributed by atoms with Crippen LogP contribution < -0.4 is 11.5 Å². The summed E-state index contributed by atoms with van der Waals surface area (Å²) in [5.41, 5.74) is 12.5. The lowest BCUT2D eigenvalue weighted by atomic mass is 10.1. The Balaban J connectivity index is 2.87. The van der Waals surface area contributed by atoms with Gasteiger partial charge in [-0.2, -0.15) is 5.10 Å². The van der Waals surface area contributed by atoms with Crippen LogP contribution in [0.15, 0.2) is 40.5 Å². The smallest absolute Gasteiger partial charge is 0.211 e. The number of nitrogens with zero attached hydrogens (tertiary/aromatic N) is 3. The van der Waals surface area contributed by atoms with Crippen LogP contribution in [0.25, 0.3) is 0 Å². The Labute approximate surface area is 102 Å². The molecule has 1 rings (SSSR count). The molecule has 5 heteroatoms. The van der Waals surface area contributed by atoms with Crippen molar-refractivity contribution in [2.24, 2.45) is 21.7 Å². The van der Waals surface area contributed by atoms with Gasteiger partial charge in [0.05, 0.1) is 5.71 Å². The minimum atomic E-state index is -0.0247. The highest BCUT2D eigenvalue weighted by Gasteiger charge is 2.03. The van der Waals surface area contributed by atoms with E-state index in [0.717, 1.165) is 24.2 Å². The minimum Gasteiger partial charge on any atom is -0.369 e. The fraction of sp³-hybridized carbons (Fsp3) is 0.333. The van der Waals surface area contributed by atoms with Crippen molar-refractivity contribution in [2.45, 2.75) is 6.42 Å². The lowest BCUT2D eigenvalue weighted by Gasteiger charge is -2.10. The Morgan fingerprint density at radius 1 is 1.12 bits per heavy atom. The van der Waals surface area contributed by atoms with Crippen molar-refractivity contribution in [1.29, 1.82) is 0 Å². The monoisotopic (exact) mass is 233 g/mol. The van der Waals surface area contributed by atoms with Gasteiger partial charge in [0, 0.05) is 13.0 Å². The van der Waals surface area contributed by atoms with Crippen LogP contribution in [-0.2, 0) is 0 Å². The Hall–Kier alpha value is -1.88. The van der Waals surface area contributed by atoms with Crippen LogP contribution in [0.2, 0.25) is 0 Å². The van der Waals surface area contributed by atoms with Crippen molar-refractivity contribution in [3.8, 4) is 0 Å². The van der Waals surface area contributed by atoms with Crippen molar-refractivity contribution < 1.29 is 0 Å². The summed E-state index contributed by atoms with van der Waals surface area (Å²) in [6, 6.07) is 9.90. The average molecular weight is 233 g/mol. The summed E-state index contributed by atoms with van der Waals surface area (Å²) in [6.07, 6.45) is 0.799. The molecule has 0 amide bonds. The lowest BCUT2D eigenvalue weighted by molar-refractivity contribution is 0.422. The summed E-state index contributed by atoms with van der Waals surface area (Å²) < 4.78 is 0. The third-order valence-corrected chi connectivity index (χ3v) is 2.19. The molecule has 5 nitrogen and oxygen atoms in total. The molecule has 0 heterocycles. The summed E-state index contributed by atoms with van der Waals surface area (Å²) in [5, 5.41) is 7.81. The second kappa shape index (κ2) is 6.65. The first kappa shape index (κ1) is 13.2. The van der Waals surface area contributed by atoms with Gasteiger partial charge in [-0.15, -0.1) is 5.10 Å². The first-order chi connectivity index (χ1) is 8.09. The van der Waals surface area contributed by atoms with Gasteiger partial charge in [0.1, 0.15) is 0 Å². The molecule has 0 aliphatic carbocycles. The molecule has 0 bridgehead atoms. The van der Waals surface area contributed by atoms with Gasteiger partial charge in [0.15, 0.2) is 0 Å². The van der Waals surface area contributed by atoms with E-state index in [1.807, 2.05) is 44.4 Å². The molecular weight excluding hydrogens is 214 g/mol. The number of guanidine groups is 1. The summed E-state index contributed by atoms with van der Waals surface area (Å²) >= 11 is 0. The van der Waals surface area contributed by atoms with E-state index in [2.05, 4.69) is 15.1 Å². The van der Waals surface area contributed by atoms with Gasteiger partial charge in [0.2, 0.25) is 5.96 Å². The van der Waals surface area contributed by atoms with Gasteiger partial charge >= 0.3 is 0 Å². The van der Waals surface area contributed by atoms with E-state index in [4.69, 9.17) is 11.5 Å². The Morgan fingerprint density at radius 3 is 2.29 bits per heavy atom. The zero-order valence-corrected chi connectivity index (χ0v) is 10.3. The largest absolute Gasteiger partial charge is 0.369 e. The van der Waals surface area contributed by atoms with Crippen LogP contribution in [0.3, 0.4) is 0 Å². The number of hydrogen-bond acceptors (Lipinski definition) is 3. The molecule has 0 saturated heterocycles.